The fourth-order valence-electron chi connectivity index (χ4n) is 3.31. The van der Waals surface area contributed by atoms with Crippen molar-refractivity contribution in [1.29, 1.82) is 0 Å². The minimum atomic E-state index is -0.439. The number of rotatable bonds is 4. The van der Waals surface area contributed by atoms with Crippen LogP contribution in [0.25, 0.3) is 11.0 Å². The zero-order chi connectivity index (χ0) is 18.1. The molecule has 1 aliphatic heterocycles. The molecule has 1 fully saturated rings. The third-order valence-corrected chi connectivity index (χ3v) is 4.41. The van der Waals surface area contributed by atoms with Crippen molar-refractivity contribution in [3.63, 3.8) is 0 Å². The summed E-state index contributed by atoms with van der Waals surface area (Å²) in [6.45, 7) is 5.71. The third-order valence-electron chi connectivity index (χ3n) is 4.41. The topological polar surface area (TPSA) is 63.4 Å². The molecule has 0 saturated carbocycles. The molecule has 0 bridgehead atoms. The van der Waals surface area contributed by atoms with Crippen molar-refractivity contribution in [3.05, 3.63) is 48.0 Å². The van der Waals surface area contributed by atoms with Gasteiger partial charge in [-0.3, -0.25) is 4.98 Å². The zero-order valence-electron chi connectivity index (χ0n) is 14.7. The van der Waals surface area contributed by atoms with Gasteiger partial charge in [0.05, 0.1) is 23.3 Å². The molecule has 6 nitrogen and oxygen atoms in total. The largest absolute Gasteiger partial charge is 0.372 e. The van der Waals surface area contributed by atoms with Gasteiger partial charge in [-0.15, -0.1) is 0 Å². The minimum absolute atomic E-state index is 0.0358. The Balaban J connectivity index is 1.59. The van der Waals surface area contributed by atoms with Crippen molar-refractivity contribution in [3.8, 4) is 0 Å². The van der Waals surface area contributed by atoms with Crippen LogP contribution in [-0.2, 0) is 11.3 Å². The number of nitrogens with zero attached hydrogens (tertiary/aromatic N) is 3. The average molecular weight is 355 g/mol. The van der Waals surface area contributed by atoms with E-state index in [1.165, 1.54) is 0 Å². The number of pyridine rings is 1. The van der Waals surface area contributed by atoms with E-state index >= 15 is 0 Å². The minimum Gasteiger partial charge on any atom is -0.372 e. The molecule has 2 aromatic heterocycles. The highest BCUT2D eigenvalue weighted by molar-refractivity contribution is 5.90. The molecule has 3 heterocycles. The van der Waals surface area contributed by atoms with Gasteiger partial charge in [-0.25, -0.2) is 4.39 Å². The highest BCUT2D eigenvalue weighted by Crippen LogP contribution is 2.32. The zero-order valence-corrected chi connectivity index (χ0v) is 14.7. The second kappa shape index (κ2) is 6.92. The van der Waals surface area contributed by atoms with Gasteiger partial charge >= 0.3 is 0 Å². The van der Waals surface area contributed by atoms with E-state index in [2.05, 4.69) is 21.5 Å². The lowest BCUT2D eigenvalue weighted by Gasteiger charge is -2.36. The predicted octanol–water partition coefficient (Wildman–Crippen LogP) is 3.39. The van der Waals surface area contributed by atoms with Crippen molar-refractivity contribution in [1.82, 2.24) is 10.1 Å². The highest BCUT2D eigenvalue weighted by atomic mass is 19.1. The predicted molar refractivity (Wildman–Crippen MR) is 96.6 cm³/mol. The molecule has 2 atom stereocenters. The average Bonchev–Trinajstić information content (AvgIpc) is 3.04. The summed E-state index contributed by atoms with van der Waals surface area (Å²) in [6, 6.07) is 8.60. The van der Waals surface area contributed by atoms with Crippen LogP contribution in [0.1, 0.15) is 19.4 Å². The van der Waals surface area contributed by atoms with E-state index in [1.54, 1.807) is 18.5 Å². The molecule has 3 aromatic rings. The Morgan fingerprint density at radius 3 is 2.88 bits per heavy atom. The maximum absolute atomic E-state index is 15.0. The molecule has 1 N–H and O–H groups in total. The lowest BCUT2D eigenvalue weighted by molar-refractivity contribution is -0.00540. The van der Waals surface area contributed by atoms with E-state index in [4.69, 9.17) is 9.26 Å². The molecule has 26 heavy (non-hydrogen) atoms. The fraction of sp³-hybridized carbons (Fsp3) is 0.368. The second-order valence-electron chi connectivity index (χ2n) is 6.60. The van der Waals surface area contributed by atoms with E-state index in [1.807, 2.05) is 30.9 Å². The van der Waals surface area contributed by atoms with Gasteiger partial charge < -0.3 is 19.5 Å². The maximum Gasteiger partial charge on any atom is 0.206 e. The van der Waals surface area contributed by atoms with Crippen LogP contribution in [0.15, 0.2) is 35.1 Å². The number of nitrogens with one attached hydrogen (secondary N) is 1. The Morgan fingerprint density at radius 2 is 2.15 bits per heavy atom. The number of hydrogen-bond acceptors (Lipinski definition) is 6. The van der Waals surface area contributed by atoms with E-state index in [0.717, 1.165) is 5.56 Å². The third kappa shape index (κ3) is 3.22. The first-order chi connectivity index (χ1) is 12.6. The summed E-state index contributed by atoms with van der Waals surface area (Å²) in [4.78, 5) is 6.01. The van der Waals surface area contributed by atoms with Crippen LogP contribution in [0.5, 0.6) is 0 Å². The van der Waals surface area contributed by atoms with Gasteiger partial charge in [-0.05, 0) is 31.5 Å². The van der Waals surface area contributed by atoms with Gasteiger partial charge in [0.25, 0.3) is 0 Å². The number of benzene rings is 1. The summed E-state index contributed by atoms with van der Waals surface area (Å²) in [7, 11) is 0. The molecule has 7 heteroatoms. The van der Waals surface area contributed by atoms with Crippen molar-refractivity contribution in [2.45, 2.75) is 32.6 Å². The van der Waals surface area contributed by atoms with Crippen molar-refractivity contribution in [2.24, 2.45) is 0 Å². The molecule has 0 amide bonds. The standard InChI is InChI=1S/C19H20FN4O2/c1-12-10-24(11-13(2)25-12)16-6-5-15-18(17(16)20)26-23-19(15)22-9-14-4-3-7-21-8-14/h3-5,7-8,12-13H,9-11H2,1-2H3,(H,22,23)/t12-,13+. The lowest BCUT2D eigenvalue weighted by atomic mass is 10.1. The van der Waals surface area contributed by atoms with Crippen LogP contribution < -0.4 is 10.2 Å². The molecule has 1 radical (unpaired) electrons. The Labute approximate surface area is 150 Å². The van der Waals surface area contributed by atoms with Crippen molar-refractivity contribution in [2.75, 3.05) is 23.3 Å². The number of fused-ring (bicyclic) bond motifs is 1. The van der Waals surface area contributed by atoms with Crippen LogP contribution in [-0.4, -0.2) is 35.4 Å². The van der Waals surface area contributed by atoms with Crippen molar-refractivity contribution < 1.29 is 13.7 Å². The number of aromatic nitrogens is 2. The first kappa shape index (κ1) is 16.8. The van der Waals surface area contributed by atoms with E-state index < -0.39 is 5.82 Å². The van der Waals surface area contributed by atoms with Crippen LogP contribution in [0.3, 0.4) is 0 Å². The molecule has 0 unspecified atom stereocenters. The Bertz CT molecular complexity index is 889. The molecule has 135 valence electrons. The first-order valence-electron chi connectivity index (χ1n) is 8.64. The summed E-state index contributed by atoms with van der Waals surface area (Å²) in [5.74, 6) is 0.0556. The lowest BCUT2D eigenvalue weighted by Crippen LogP contribution is -2.45. The molecule has 0 aliphatic carbocycles. The van der Waals surface area contributed by atoms with Crippen LogP contribution in [0, 0.1) is 11.9 Å². The molecule has 1 aliphatic rings. The highest BCUT2D eigenvalue weighted by Gasteiger charge is 2.26. The summed E-state index contributed by atoms with van der Waals surface area (Å²) in [5.41, 5.74) is 1.54. The molecule has 1 saturated heterocycles. The molecule has 1 aromatic carbocycles. The summed E-state index contributed by atoms with van der Waals surface area (Å²) >= 11 is 0. The second-order valence-corrected chi connectivity index (χ2v) is 6.60. The summed E-state index contributed by atoms with van der Waals surface area (Å²) in [5, 5.41) is 7.71. The van der Waals surface area contributed by atoms with Gasteiger partial charge in [0.15, 0.2) is 11.6 Å². The van der Waals surface area contributed by atoms with Gasteiger partial charge in [-0.1, -0.05) is 11.2 Å². The number of ether oxygens (including phenoxy) is 1. The van der Waals surface area contributed by atoms with E-state index in [0.29, 0.717) is 36.5 Å². The van der Waals surface area contributed by atoms with Crippen LogP contribution in [0.4, 0.5) is 15.9 Å². The van der Waals surface area contributed by atoms with Crippen molar-refractivity contribution >= 4 is 22.5 Å². The fourth-order valence-corrected chi connectivity index (χ4v) is 3.31. The van der Waals surface area contributed by atoms with E-state index in [-0.39, 0.29) is 17.8 Å². The molecule has 0 spiro atoms. The molecular weight excluding hydrogens is 335 g/mol. The van der Waals surface area contributed by atoms with Gasteiger partial charge in [0.2, 0.25) is 5.58 Å². The quantitative estimate of drug-likeness (QED) is 0.774. The van der Waals surface area contributed by atoms with Crippen LogP contribution >= 0.6 is 0 Å². The number of halogens is 1. The molecule has 4 rings (SSSR count). The molecular formula is C19H20FN4O2. The first-order valence-corrected chi connectivity index (χ1v) is 8.64. The van der Waals surface area contributed by atoms with Gasteiger partial charge in [-0.2, -0.15) is 0 Å². The summed E-state index contributed by atoms with van der Waals surface area (Å²) in [6.07, 6.45) is 3.55. The van der Waals surface area contributed by atoms with Gasteiger partial charge in [0.1, 0.15) is 0 Å². The van der Waals surface area contributed by atoms with Crippen LogP contribution in [0.2, 0.25) is 0 Å². The summed E-state index contributed by atoms with van der Waals surface area (Å²) < 4.78 is 26.0. The van der Waals surface area contributed by atoms with E-state index in [9.17, 15) is 4.39 Å². The number of anilines is 2. The Kier molecular flexibility index (Phi) is 4.46. The van der Waals surface area contributed by atoms with Gasteiger partial charge in [0, 0.05) is 38.1 Å². The normalized spacial score (nSPS) is 20.5. The number of morpholine rings is 1. The number of hydrogen-bond donors (Lipinski definition) is 1. The maximum atomic E-state index is 15.0. The Morgan fingerprint density at radius 1 is 1.35 bits per heavy atom. The Hall–Kier alpha value is -2.67. The monoisotopic (exact) mass is 355 g/mol. The smallest absolute Gasteiger partial charge is 0.206 e. The SMILES string of the molecule is C[C@@H]1CN(c2[c]cc3c(NCc4cccnc4)noc3c2F)C[C@H](C)O1.